The zero-order valence-corrected chi connectivity index (χ0v) is 15.0. The number of hydrogen-bond acceptors (Lipinski definition) is 3. The van der Waals surface area contributed by atoms with Crippen LogP contribution in [0.5, 0.6) is 0 Å². The van der Waals surface area contributed by atoms with E-state index in [0.29, 0.717) is 11.7 Å². The normalized spacial score (nSPS) is 48.5. The molecular formula is C20H32O3. The van der Waals surface area contributed by atoms with Crippen molar-refractivity contribution in [2.75, 3.05) is 14.2 Å². The summed E-state index contributed by atoms with van der Waals surface area (Å²) in [6.45, 7) is 2.27. The van der Waals surface area contributed by atoms with Gasteiger partial charge in [0.15, 0.2) is 5.79 Å². The third-order valence-corrected chi connectivity index (χ3v) is 8.40. The van der Waals surface area contributed by atoms with Gasteiger partial charge in [0.25, 0.3) is 0 Å². The molecule has 0 radical (unpaired) electrons. The van der Waals surface area contributed by atoms with Crippen molar-refractivity contribution in [3.8, 4) is 0 Å². The maximum atomic E-state index is 12.4. The molecule has 130 valence electrons. The molecule has 4 aliphatic carbocycles. The number of fused-ring (bicyclic) bond motifs is 5. The summed E-state index contributed by atoms with van der Waals surface area (Å²) in [7, 11) is 3.59. The molecule has 0 aromatic heterocycles. The van der Waals surface area contributed by atoms with Gasteiger partial charge in [0, 0.05) is 38.9 Å². The van der Waals surface area contributed by atoms with Gasteiger partial charge in [0.05, 0.1) is 0 Å². The van der Waals surface area contributed by atoms with Gasteiger partial charge in [-0.05, 0) is 68.1 Å². The van der Waals surface area contributed by atoms with E-state index in [9.17, 15) is 4.79 Å². The number of carbonyl (C=O) groups is 1. The first-order valence-corrected chi connectivity index (χ1v) is 9.66. The number of hydrogen-bond donors (Lipinski definition) is 0. The number of carbonyl (C=O) groups excluding carboxylic acids is 1. The van der Waals surface area contributed by atoms with Crippen LogP contribution in [0.3, 0.4) is 0 Å². The van der Waals surface area contributed by atoms with Crippen molar-refractivity contribution >= 4 is 5.78 Å². The van der Waals surface area contributed by atoms with Crippen molar-refractivity contribution < 1.29 is 14.3 Å². The van der Waals surface area contributed by atoms with E-state index in [1.54, 1.807) is 14.2 Å². The zero-order valence-electron chi connectivity index (χ0n) is 15.0. The fraction of sp³-hybridized carbons (Fsp3) is 0.950. The summed E-state index contributed by atoms with van der Waals surface area (Å²) in [5.41, 5.74) is 0.0193. The van der Waals surface area contributed by atoms with Crippen molar-refractivity contribution in [2.45, 2.75) is 70.5 Å². The Morgan fingerprint density at radius 1 is 0.913 bits per heavy atom. The first-order valence-electron chi connectivity index (χ1n) is 9.66. The molecule has 6 atom stereocenters. The molecule has 4 rings (SSSR count). The summed E-state index contributed by atoms with van der Waals surface area (Å²) in [6.07, 6.45) is 10.4. The second-order valence-corrected chi connectivity index (χ2v) is 8.92. The van der Waals surface area contributed by atoms with E-state index in [1.165, 1.54) is 25.7 Å². The van der Waals surface area contributed by atoms with Crippen LogP contribution in [0.1, 0.15) is 64.7 Å². The van der Waals surface area contributed by atoms with Gasteiger partial charge in [-0.2, -0.15) is 0 Å². The first kappa shape index (κ1) is 16.1. The molecule has 4 aliphatic rings. The quantitative estimate of drug-likeness (QED) is 0.715. The van der Waals surface area contributed by atoms with Crippen LogP contribution in [-0.2, 0) is 14.3 Å². The molecule has 4 saturated carbocycles. The molecule has 0 aliphatic heterocycles. The summed E-state index contributed by atoms with van der Waals surface area (Å²) >= 11 is 0. The van der Waals surface area contributed by atoms with Gasteiger partial charge >= 0.3 is 0 Å². The van der Waals surface area contributed by atoms with E-state index in [-0.39, 0.29) is 11.2 Å². The highest BCUT2D eigenvalue weighted by molar-refractivity contribution is 5.87. The van der Waals surface area contributed by atoms with E-state index in [0.717, 1.165) is 55.8 Å². The number of rotatable bonds is 2. The fourth-order valence-electron chi connectivity index (χ4n) is 7.05. The molecule has 0 heterocycles. The molecule has 0 spiro atoms. The lowest BCUT2D eigenvalue weighted by molar-refractivity contribution is -0.246. The van der Waals surface area contributed by atoms with Crippen LogP contribution in [0.25, 0.3) is 0 Å². The molecule has 23 heavy (non-hydrogen) atoms. The fourth-order valence-corrected chi connectivity index (χ4v) is 7.05. The van der Waals surface area contributed by atoms with Gasteiger partial charge in [-0.1, -0.05) is 6.92 Å². The summed E-state index contributed by atoms with van der Waals surface area (Å²) in [5.74, 6) is 4.15. The molecule has 3 nitrogen and oxygen atoms in total. The summed E-state index contributed by atoms with van der Waals surface area (Å²) in [4.78, 5) is 12.4. The Morgan fingerprint density at radius 2 is 1.65 bits per heavy atom. The molecule has 0 aromatic carbocycles. The van der Waals surface area contributed by atoms with Crippen molar-refractivity contribution in [1.29, 1.82) is 0 Å². The molecule has 3 heteroatoms. The minimum absolute atomic E-state index is 0.0193. The molecule has 1 unspecified atom stereocenters. The Balaban J connectivity index is 1.54. The third-order valence-electron chi connectivity index (χ3n) is 8.40. The molecular weight excluding hydrogens is 288 g/mol. The van der Waals surface area contributed by atoms with Crippen molar-refractivity contribution in [2.24, 2.45) is 35.0 Å². The van der Waals surface area contributed by atoms with Crippen molar-refractivity contribution in [1.82, 2.24) is 0 Å². The lowest BCUT2D eigenvalue weighted by atomic mass is 9.50. The van der Waals surface area contributed by atoms with Gasteiger partial charge in [-0.15, -0.1) is 0 Å². The average Bonchev–Trinajstić information content (AvgIpc) is 2.89. The van der Waals surface area contributed by atoms with Crippen LogP contribution in [0.2, 0.25) is 0 Å². The lowest BCUT2D eigenvalue weighted by Gasteiger charge is -2.56. The van der Waals surface area contributed by atoms with Crippen LogP contribution in [0, 0.1) is 35.0 Å². The predicted molar refractivity (Wildman–Crippen MR) is 88.9 cm³/mol. The van der Waals surface area contributed by atoms with Gasteiger partial charge < -0.3 is 9.47 Å². The monoisotopic (exact) mass is 320 g/mol. The second kappa shape index (κ2) is 5.56. The van der Waals surface area contributed by atoms with Crippen molar-refractivity contribution in [3.05, 3.63) is 0 Å². The van der Waals surface area contributed by atoms with E-state index < -0.39 is 0 Å². The SMILES string of the molecule is COC1(OC)CC[C@H]2[C@@H](CC[C@@H]3[C@@H]2CCC2(C)C(=O)CC[C@@H]32)C1. The number of ketones is 1. The topological polar surface area (TPSA) is 35.5 Å². The summed E-state index contributed by atoms with van der Waals surface area (Å²) < 4.78 is 11.5. The highest BCUT2D eigenvalue weighted by Gasteiger charge is 2.57. The number of Topliss-reactive ketones (excluding diaryl/α,β-unsaturated/α-hetero) is 1. The van der Waals surface area contributed by atoms with Crippen molar-refractivity contribution in [3.63, 3.8) is 0 Å². The predicted octanol–water partition coefficient (Wildman–Crippen LogP) is 4.20. The molecule has 0 amide bonds. The van der Waals surface area contributed by atoms with E-state index >= 15 is 0 Å². The summed E-state index contributed by atoms with van der Waals surface area (Å²) in [5, 5.41) is 0. The van der Waals surface area contributed by atoms with Crippen LogP contribution in [0.4, 0.5) is 0 Å². The Morgan fingerprint density at radius 3 is 2.39 bits per heavy atom. The third kappa shape index (κ3) is 2.26. The maximum Gasteiger partial charge on any atom is 0.167 e. The van der Waals surface area contributed by atoms with E-state index in [1.807, 2.05) is 0 Å². The Hall–Kier alpha value is -0.410. The molecule has 4 fully saturated rings. The van der Waals surface area contributed by atoms with Crippen LogP contribution >= 0.6 is 0 Å². The number of methoxy groups -OCH3 is 2. The van der Waals surface area contributed by atoms with Crippen LogP contribution in [0.15, 0.2) is 0 Å². The number of ether oxygens (including phenoxy) is 2. The minimum Gasteiger partial charge on any atom is -0.353 e. The smallest absolute Gasteiger partial charge is 0.167 e. The molecule has 0 saturated heterocycles. The largest absolute Gasteiger partial charge is 0.353 e. The Kier molecular flexibility index (Phi) is 3.88. The van der Waals surface area contributed by atoms with Gasteiger partial charge in [0.2, 0.25) is 0 Å². The van der Waals surface area contributed by atoms with Gasteiger partial charge in [-0.25, -0.2) is 0 Å². The minimum atomic E-state index is -0.333. The standard InChI is InChI=1S/C20H32O3/c1-19-10-8-15-14-9-11-20(22-2,23-3)12-13(14)4-5-16(15)17(19)6-7-18(19)21/h13-17H,4-12H2,1-3H3/t13-,14-,15+,16+,17-,19?/m0/s1. The molecule has 0 N–H and O–H groups in total. The van der Waals surface area contributed by atoms with Gasteiger partial charge in [0.1, 0.15) is 5.78 Å². The van der Waals surface area contributed by atoms with Gasteiger partial charge in [-0.3, -0.25) is 4.79 Å². The van der Waals surface area contributed by atoms with E-state index in [4.69, 9.17) is 9.47 Å². The van der Waals surface area contributed by atoms with Crippen LogP contribution < -0.4 is 0 Å². The van der Waals surface area contributed by atoms with Crippen LogP contribution in [-0.4, -0.2) is 25.8 Å². The highest BCUT2D eigenvalue weighted by atomic mass is 16.7. The lowest BCUT2D eigenvalue weighted by Crippen LogP contribution is -2.51. The van der Waals surface area contributed by atoms with E-state index in [2.05, 4.69) is 6.92 Å². The molecule has 0 bridgehead atoms. The Labute approximate surface area is 140 Å². The highest BCUT2D eigenvalue weighted by Crippen LogP contribution is 2.62. The molecule has 0 aromatic rings. The summed E-state index contributed by atoms with van der Waals surface area (Å²) in [6, 6.07) is 0. The maximum absolute atomic E-state index is 12.4. The Bertz CT molecular complexity index is 483. The zero-order chi connectivity index (χ0) is 16.2. The first-order chi connectivity index (χ1) is 11.0. The average molecular weight is 320 g/mol. The second-order valence-electron chi connectivity index (χ2n) is 8.92.